The normalized spacial score (nSPS) is 27.6. The van der Waals surface area contributed by atoms with Crippen LogP contribution in [0.3, 0.4) is 0 Å². The molecule has 0 N–H and O–H groups in total. The van der Waals surface area contributed by atoms with Gasteiger partial charge in [-0.15, -0.1) is 0 Å². The molecule has 1 aliphatic carbocycles. The third kappa shape index (κ3) is 2.17. The smallest absolute Gasteiger partial charge is 0.211 e. The van der Waals surface area contributed by atoms with Crippen molar-refractivity contribution in [3.63, 3.8) is 0 Å². The minimum Gasteiger partial charge on any atom is -0.211 e. The highest BCUT2D eigenvalue weighted by Gasteiger charge is 2.58. The van der Waals surface area contributed by atoms with E-state index >= 15 is 4.39 Å². The molecule has 0 radical (unpaired) electrons. The van der Waals surface area contributed by atoms with E-state index in [1.807, 2.05) is 25.3 Å². The van der Waals surface area contributed by atoms with Gasteiger partial charge >= 0.3 is 0 Å². The molecule has 1 nitrogen and oxygen atoms in total. The highest BCUT2D eigenvalue weighted by Crippen LogP contribution is 2.53. The Labute approximate surface area is 172 Å². The molecule has 0 spiro atoms. The number of hydrogen-bond acceptors (Lipinski definition) is 0. The van der Waals surface area contributed by atoms with E-state index < -0.39 is 5.41 Å². The van der Waals surface area contributed by atoms with Gasteiger partial charge in [0, 0.05) is 35.6 Å². The molecule has 0 amide bonds. The van der Waals surface area contributed by atoms with Crippen LogP contribution in [0.5, 0.6) is 0 Å². The third-order valence-electron chi connectivity index (χ3n) is 8.55. The Bertz CT molecular complexity index is 1170. The number of benzene rings is 1. The largest absolute Gasteiger partial charge is 0.221 e. The zero-order valence-electron chi connectivity index (χ0n) is 18.9. The first-order valence-corrected chi connectivity index (χ1v) is 10.7. The molecule has 1 aliphatic heterocycles. The maximum absolute atomic E-state index is 15.4. The van der Waals surface area contributed by atoms with E-state index in [0.29, 0.717) is 5.22 Å². The first-order chi connectivity index (χ1) is 13.5. The van der Waals surface area contributed by atoms with Crippen molar-refractivity contribution in [1.29, 1.82) is 0 Å². The molecule has 2 aliphatic rings. The fraction of sp³-hybridized carbons (Fsp3) is 0.500. The molecule has 0 saturated carbocycles. The summed E-state index contributed by atoms with van der Waals surface area (Å²) in [6.45, 7) is 16.7. The minimum absolute atomic E-state index is 0.161. The fourth-order valence-electron chi connectivity index (χ4n) is 5.96. The number of aromatic nitrogens is 1. The molecule has 2 atom stereocenters. The van der Waals surface area contributed by atoms with Crippen LogP contribution in [0.25, 0.3) is 22.7 Å². The van der Waals surface area contributed by atoms with E-state index in [-0.39, 0.29) is 22.6 Å². The predicted molar refractivity (Wildman–Crippen MR) is 115 cm³/mol. The summed E-state index contributed by atoms with van der Waals surface area (Å²) in [5, 5.41) is 1.57. The van der Waals surface area contributed by atoms with Crippen LogP contribution in [0.1, 0.15) is 79.4 Å². The number of halogens is 2. The average molecular weight is 397 g/mol. The maximum atomic E-state index is 15.4. The van der Waals surface area contributed by atoms with E-state index in [9.17, 15) is 4.39 Å². The van der Waals surface area contributed by atoms with Crippen molar-refractivity contribution in [1.82, 2.24) is 0 Å². The van der Waals surface area contributed by atoms with E-state index in [1.54, 1.807) is 6.07 Å². The van der Waals surface area contributed by atoms with Gasteiger partial charge in [-0.3, -0.25) is 0 Å². The summed E-state index contributed by atoms with van der Waals surface area (Å²) in [5.41, 5.74) is 4.06. The van der Waals surface area contributed by atoms with Crippen LogP contribution in [0.4, 0.5) is 8.78 Å². The second-order valence-corrected chi connectivity index (χ2v) is 9.76. The van der Waals surface area contributed by atoms with Crippen molar-refractivity contribution in [2.24, 2.45) is 0 Å². The lowest BCUT2D eigenvalue weighted by Gasteiger charge is -2.48. The molecule has 4 rings (SSSR count). The molecule has 0 bridgehead atoms. The molecule has 1 aromatic heterocycles. The summed E-state index contributed by atoms with van der Waals surface area (Å²) in [7, 11) is 0. The molecule has 1 aromatic carbocycles. The Morgan fingerprint density at radius 2 is 1.69 bits per heavy atom. The molecule has 3 heteroatoms. The highest BCUT2D eigenvalue weighted by molar-refractivity contribution is 5.81. The van der Waals surface area contributed by atoms with E-state index in [1.165, 1.54) is 12.5 Å². The van der Waals surface area contributed by atoms with Crippen LogP contribution in [-0.4, -0.2) is 0 Å². The van der Waals surface area contributed by atoms with Crippen molar-refractivity contribution in [2.45, 2.75) is 84.6 Å². The van der Waals surface area contributed by atoms with Crippen LogP contribution in [0, 0.1) is 5.82 Å². The number of hydrogen-bond donors (Lipinski definition) is 0. The molecule has 0 saturated heterocycles. The van der Waals surface area contributed by atoms with Gasteiger partial charge in [0.2, 0.25) is 5.69 Å². The van der Waals surface area contributed by atoms with Gasteiger partial charge in [0.1, 0.15) is 11.6 Å². The fourth-order valence-corrected chi connectivity index (χ4v) is 5.96. The summed E-state index contributed by atoms with van der Waals surface area (Å²) in [5.74, 6) is -0.364. The van der Waals surface area contributed by atoms with Gasteiger partial charge in [0.15, 0.2) is 11.7 Å². The summed E-state index contributed by atoms with van der Waals surface area (Å²) >= 11 is 0. The van der Waals surface area contributed by atoms with Gasteiger partial charge in [-0.25, -0.2) is 8.78 Å². The second-order valence-electron chi connectivity index (χ2n) is 9.76. The Morgan fingerprint density at radius 3 is 2.24 bits per heavy atom. The molecule has 2 aromatic rings. The van der Waals surface area contributed by atoms with E-state index in [0.717, 1.165) is 40.5 Å². The first kappa shape index (κ1) is 20.3. The summed E-state index contributed by atoms with van der Waals surface area (Å²) in [6, 6.07) is 5.53. The standard InChI is InChI=1S/C26H32F2N/c1-9-25(7)18-11-12-19(28)22-21(18)23-20(15(3)24(22,5)6)17(16(4)27)13-14-29(23)26(25,8)10-2/h11-14H,9-10H2,1-8H3/q+1/b17-16+. The molecular formula is C26H32F2N+. The van der Waals surface area contributed by atoms with Gasteiger partial charge < -0.3 is 0 Å². The topological polar surface area (TPSA) is 3.88 Å². The monoisotopic (exact) mass is 396 g/mol. The van der Waals surface area contributed by atoms with Crippen molar-refractivity contribution in [2.75, 3.05) is 0 Å². The molecular weight excluding hydrogens is 364 g/mol. The van der Waals surface area contributed by atoms with Gasteiger partial charge in [0.05, 0.1) is 16.2 Å². The zero-order valence-corrected chi connectivity index (χ0v) is 18.9. The quantitative estimate of drug-likeness (QED) is 0.619. The molecule has 154 valence electrons. The third-order valence-corrected chi connectivity index (χ3v) is 8.55. The lowest BCUT2D eigenvalue weighted by atomic mass is 9.57. The van der Waals surface area contributed by atoms with Crippen LogP contribution >= 0.6 is 0 Å². The lowest BCUT2D eigenvalue weighted by Crippen LogP contribution is -2.70. The van der Waals surface area contributed by atoms with Crippen LogP contribution in [0.2, 0.25) is 0 Å². The van der Waals surface area contributed by atoms with Crippen LogP contribution in [0.15, 0.2) is 24.4 Å². The van der Waals surface area contributed by atoms with E-state index in [2.05, 4.69) is 46.1 Å². The zero-order chi connectivity index (χ0) is 21.5. The Kier molecular flexibility index (Phi) is 4.19. The molecule has 29 heavy (non-hydrogen) atoms. The Balaban J connectivity index is 2.42. The van der Waals surface area contributed by atoms with Crippen molar-refractivity contribution in [3.05, 3.63) is 51.8 Å². The van der Waals surface area contributed by atoms with Crippen molar-refractivity contribution < 1.29 is 13.3 Å². The Morgan fingerprint density at radius 1 is 1.03 bits per heavy atom. The average Bonchev–Trinajstić information content (AvgIpc) is 2.68. The molecule has 2 unspecified atom stereocenters. The summed E-state index contributed by atoms with van der Waals surface area (Å²) in [6.07, 6.45) is 3.90. The highest BCUT2D eigenvalue weighted by atomic mass is 19.1. The van der Waals surface area contributed by atoms with Gasteiger partial charge in [0.25, 0.3) is 0 Å². The van der Waals surface area contributed by atoms with Crippen molar-refractivity contribution >= 4 is 11.4 Å². The number of rotatable bonds is 2. The minimum atomic E-state index is -0.513. The molecule has 0 fully saturated rings. The van der Waals surface area contributed by atoms with Gasteiger partial charge in [-0.2, -0.15) is 4.57 Å². The van der Waals surface area contributed by atoms with Gasteiger partial charge in [-0.1, -0.05) is 33.8 Å². The first-order valence-electron chi connectivity index (χ1n) is 10.7. The Hall–Kier alpha value is -2.03. The number of pyridine rings is 1. The van der Waals surface area contributed by atoms with Crippen LogP contribution in [-0.2, 0) is 16.4 Å². The second kappa shape index (κ2) is 6.00. The summed E-state index contributed by atoms with van der Waals surface area (Å²) in [4.78, 5) is 0. The molecule has 2 heterocycles. The SMILES string of the molecule is CCC1(C)c2ccc(F)c3c2-c2c(/c(=C(\C)F)cc[n+]2C1(C)CC)=C(C)C3(C)C. The maximum Gasteiger partial charge on any atom is 0.221 e. The summed E-state index contributed by atoms with van der Waals surface area (Å²) < 4.78 is 32.3. The predicted octanol–water partition coefficient (Wildman–Crippen LogP) is 5.15. The van der Waals surface area contributed by atoms with Crippen LogP contribution < -0.4 is 15.0 Å². The van der Waals surface area contributed by atoms with Crippen molar-refractivity contribution in [3.8, 4) is 11.3 Å². The number of nitrogens with zero attached hydrogens (tertiary/aromatic N) is 1. The van der Waals surface area contributed by atoms with E-state index in [4.69, 9.17) is 0 Å². The van der Waals surface area contributed by atoms with Gasteiger partial charge in [-0.05, 0) is 44.4 Å². The lowest BCUT2D eigenvalue weighted by molar-refractivity contribution is -0.765.